The van der Waals surface area contributed by atoms with Crippen LogP contribution in [0.1, 0.15) is 0 Å². The maximum Gasteiger partial charge on any atom is 0.148 e. The lowest BCUT2D eigenvalue weighted by Crippen LogP contribution is -1.81. The minimum atomic E-state index is 0.340. The highest BCUT2D eigenvalue weighted by molar-refractivity contribution is 9.10. The second-order valence-electron chi connectivity index (χ2n) is 2.60. The summed E-state index contributed by atoms with van der Waals surface area (Å²) in [6, 6.07) is 7.58. The fourth-order valence-electron chi connectivity index (χ4n) is 1.09. The minimum Gasteiger partial charge on any atom is -0.234 e. The van der Waals surface area contributed by atoms with Gasteiger partial charge in [-0.3, -0.25) is 0 Å². The molecule has 0 unspecified atom stereocenters. The van der Waals surface area contributed by atoms with E-state index < -0.39 is 0 Å². The van der Waals surface area contributed by atoms with E-state index >= 15 is 0 Å². The third kappa shape index (κ3) is 1.80. The summed E-state index contributed by atoms with van der Waals surface area (Å²) in [5, 5.41) is 1.81. The summed E-state index contributed by atoms with van der Waals surface area (Å²) >= 11 is 15.0. The molecule has 13 heavy (non-hydrogen) atoms. The van der Waals surface area contributed by atoms with Gasteiger partial charge < -0.3 is 0 Å². The van der Waals surface area contributed by atoms with Crippen molar-refractivity contribution in [3.63, 3.8) is 0 Å². The van der Waals surface area contributed by atoms with Gasteiger partial charge in [-0.15, -0.1) is 0 Å². The van der Waals surface area contributed by atoms with Crippen molar-refractivity contribution in [3.05, 3.63) is 38.9 Å². The van der Waals surface area contributed by atoms with Gasteiger partial charge >= 0.3 is 0 Å². The topological polar surface area (TPSA) is 12.9 Å². The average molecular weight is 277 g/mol. The molecule has 0 saturated carbocycles. The molecule has 1 heterocycles. The Morgan fingerprint density at radius 3 is 2.69 bits per heavy atom. The van der Waals surface area contributed by atoms with E-state index in [1.807, 2.05) is 18.2 Å². The van der Waals surface area contributed by atoms with Crippen molar-refractivity contribution in [3.8, 4) is 0 Å². The molecule has 0 aliphatic heterocycles. The third-order valence-electron chi connectivity index (χ3n) is 1.69. The summed E-state index contributed by atoms with van der Waals surface area (Å²) in [5.41, 5.74) is 0.837. The number of hydrogen-bond acceptors (Lipinski definition) is 1. The maximum atomic E-state index is 5.82. The molecule has 0 aliphatic carbocycles. The molecule has 2 rings (SSSR count). The van der Waals surface area contributed by atoms with Crippen LogP contribution >= 0.6 is 39.1 Å². The second-order valence-corrected chi connectivity index (χ2v) is 4.28. The Labute approximate surface area is 93.8 Å². The van der Waals surface area contributed by atoms with Gasteiger partial charge in [-0.25, -0.2) is 4.98 Å². The van der Waals surface area contributed by atoms with Crippen molar-refractivity contribution in [2.75, 3.05) is 0 Å². The number of rotatable bonds is 0. The summed E-state index contributed by atoms with van der Waals surface area (Å²) in [5.74, 6) is 0. The number of halogens is 3. The van der Waals surface area contributed by atoms with Gasteiger partial charge in [-0.05, 0) is 18.2 Å². The van der Waals surface area contributed by atoms with Crippen LogP contribution in [0.15, 0.2) is 28.7 Å². The Bertz CT molecular complexity index is 470. The van der Waals surface area contributed by atoms with Gasteiger partial charge in [0.2, 0.25) is 0 Å². The maximum absolute atomic E-state index is 5.82. The molecule has 1 aromatic heterocycles. The third-order valence-corrected chi connectivity index (χ3v) is 2.86. The molecule has 2 aromatic rings. The van der Waals surface area contributed by atoms with Crippen molar-refractivity contribution >= 4 is 50.0 Å². The van der Waals surface area contributed by atoms with Crippen LogP contribution in [0, 0.1) is 0 Å². The summed E-state index contributed by atoms with van der Waals surface area (Å²) in [6.07, 6.45) is 0. The highest BCUT2D eigenvalue weighted by atomic mass is 79.9. The quantitative estimate of drug-likeness (QED) is 0.654. The standard InChI is InChI=1S/C9H4BrCl2N/c10-6-2-1-5-3-7(11)9(12)13-8(5)4-6/h1-4H. The molecule has 0 atom stereocenters. The first kappa shape index (κ1) is 9.25. The summed E-state index contributed by atoms with van der Waals surface area (Å²) < 4.78 is 0.978. The zero-order valence-electron chi connectivity index (χ0n) is 6.39. The summed E-state index contributed by atoms with van der Waals surface area (Å²) in [4.78, 5) is 4.14. The summed E-state index contributed by atoms with van der Waals surface area (Å²) in [7, 11) is 0. The second kappa shape index (κ2) is 3.45. The molecular formula is C9H4BrCl2N. The number of benzene rings is 1. The Morgan fingerprint density at radius 1 is 1.15 bits per heavy atom. The predicted octanol–water partition coefficient (Wildman–Crippen LogP) is 4.30. The molecule has 1 nitrogen and oxygen atoms in total. The minimum absolute atomic E-state index is 0.340. The first-order valence-electron chi connectivity index (χ1n) is 3.58. The van der Waals surface area contributed by atoms with E-state index in [0.717, 1.165) is 15.4 Å². The molecule has 1 aromatic carbocycles. The lowest BCUT2D eigenvalue weighted by molar-refractivity contribution is 1.41. The molecule has 0 saturated heterocycles. The molecule has 0 amide bonds. The number of nitrogens with zero attached hydrogens (tertiary/aromatic N) is 1. The van der Waals surface area contributed by atoms with Gasteiger partial charge in [0.25, 0.3) is 0 Å². The first-order chi connectivity index (χ1) is 6.16. The Morgan fingerprint density at radius 2 is 1.92 bits per heavy atom. The molecule has 0 aliphatic rings. The molecule has 0 fully saturated rings. The smallest absolute Gasteiger partial charge is 0.148 e. The van der Waals surface area contributed by atoms with Crippen LogP contribution in [0.2, 0.25) is 10.2 Å². The molecule has 0 bridgehead atoms. The van der Waals surface area contributed by atoms with E-state index in [9.17, 15) is 0 Å². The van der Waals surface area contributed by atoms with Gasteiger partial charge in [-0.2, -0.15) is 0 Å². The van der Waals surface area contributed by atoms with E-state index in [1.54, 1.807) is 6.07 Å². The lowest BCUT2D eigenvalue weighted by Gasteiger charge is -2.00. The summed E-state index contributed by atoms with van der Waals surface area (Å²) in [6.45, 7) is 0. The Balaban J connectivity index is 2.81. The monoisotopic (exact) mass is 275 g/mol. The Kier molecular flexibility index (Phi) is 2.45. The van der Waals surface area contributed by atoms with E-state index in [-0.39, 0.29) is 0 Å². The molecule has 0 spiro atoms. The molecule has 4 heteroatoms. The van der Waals surface area contributed by atoms with Crippen molar-refractivity contribution in [2.45, 2.75) is 0 Å². The highest BCUT2D eigenvalue weighted by Crippen LogP contribution is 2.26. The van der Waals surface area contributed by atoms with Crippen LogP contribution in [0.5, 0.6) is 0 Å². The van der Waals surface area contributed by atoms with E-state index in [0.29, 0.717) is 10.2 Å². The number of fused-ring (bicyclic) bond motifs is 1. The molecule has 0 radical (unpaired) electrons. The van der Waals surface area contributed by atoms with E-state index in [1.165, 1.54) is 0 Å². The van der Waals surface area contributed by atoms with Crippen molar-refractivity contribution < 1.29 is 0 Å². The van der Waals surface area contributed by atoms with Gasteiger partial charge in [0.1, 0.15) is 5.15 Å². The number of hydrogen-bond donors (Lipinski definition) is 0. The van der Waals surface area contributed by atoms with E-state index in [2.05, 4.69) is 20.9 Å². The van der Waals surface area contributed by atoms with Crippen LogP contribution in [-0.2, 0) is 0 Å². The molecular weight excluding hydrogens is 273 g/mol. The normalized spacial score (nSPS) is 10.7. The lowest BCUT2D eigenvalue weighted by atomic mass is 10.2. The zero-order chi connectivity index (χ0) is 9.42. The zero-order valence-corrected chi connectivity index (χ0v) is 9.49. The fourth-order valence-corrected chi connectivity index (χ4v) is 1.75. The van der Waals surface area contributed by atoms with Crippen molar-refractivity contribution in [1.29, 1.82) is 0 Å². The first-order valence-corrected chi connectivity index (χ1v) is 5.13. The average Bonchev–Trinajstić information content (AvgIpc) is 2.08. The number of aromatic nitrogens is 1. The van der Waals surface area contributed by atoms with Crippen LogP contribution in [0.3, 0.4) is 0 Å². The van der Waals surface area contributed by atoms with Gasteiger partial charge in [0, 0.05) is 9.86 Å². The van der Waals surface area contributed by atoms with Gasteiger partial charge in [-0.1, -0.05) is 45.2 Å². The van der Waals surface area contributed by atoms with Crippen LogP contribution in [-0.4, -0.2) is 4.98 Å². The Hall–Kier alpha value is -0.310. The van der Waals surface area contributed by atoms with E-state index in [4.69, 9.17) is 23.2 Å². The molecule has 66 valence electrons. The predicted molar refractivity (Wildman–Crippen MR) is 59.5 cm³/mol. The largest absolute Gasteiger partial charge is 0.234 e. The van der Waals surface area contributed by atoms with Crippen molar-refractivity contribution in [1.82, 2.24) is 4.98 Å². The van der Waals surface area contributed by atoms with Crippen LogP contribution in [0.25, 0.3) is 10.9 Å². The number of pyridine rings is 1. The van der Waals surface area contributed by atoms with Gasteiger partial charge in [0.15, 0.2) is 0 Å². The van der Waals surface area contributed by atoms with Crippen LogP contribution < -0.4 is 0 Å². The fraction of sp³-hybridized carbons (Fsp3) is 0. The van der Waals surface area contributed by atoms with Crippen molar-refractivity contribution in [2.24, 2.45) is 0 Å². The van der Waals surface area contributed by atoms with Crippen LogP contribution in [0.4, 0.5) is 0 Å². The highest BCUT2D eigenvalue weighted by Gasteiger charge is 2.02. The SMILES string of the molecule is Clc1cc2ccc(Br)cc2nc1Cl. The molecule has 0 N–H and O–H groups in total. The van der Waals surface area contributed by atoms with Gasteiger partial charge in [0.05, 0.1) is 10.5 Å².